The number of aromatic nitrogens is 2. The maximum Gasteiger partial charge on any atom is 0.240 e. The summed E-state index contributed by atoms with van der Waals surface area (Å²) in [5.74, 6) is 0.497. The predicted molar refractivity (Wildman–Crippen MR) is 103 cm³/mol. The third-order valence-corrected chi connectivity index (χ3v) is 5.05. The number of hydrogen-bond acceptors (Lipinski definition) is 6. The van der Waals surface area contributed by atoms with Crippen molar-refractivity contribution in [2.24, 2.45) is 0 Å². The van der Waals surface area contributed by atoms with Crippen molar-refractivity contribution < 1.29 is 17.9 Å². The van der Waals surface area contributed by atoms with Crippen molar-refractivity contribution in [2.45, 2.75) is 11.3 Å². The smallest absolute Gasteiger partial charge is 0.240 e. The summed E-state index contributed by atoms with van der Waals surface area (Å²) in [6.45, 7) is -0.0150. The third kappa shape index (κ3) is 5.60. The van der Waals surface area contributed by atoms with Crippen molar-refractivity contribution in [3.63, 3.8) is 0 Å². The van der Waals surface area contributed by atoms with E-state index >= 15 is 0 Å². The van der Waals surface area contributed by atoms with E-state index in [4.69, 9.17) is 4.74 Å². The molecular formula is C19H18N4O4S. The van der Waals surface area contributed by atoms with Gasteiger partial charge in [-0.25, -0.2) is 18.1 Å². The van der Waals surface area contributed by atoms with E-state index < -0.39 is 10.0 Å². The topological polar surface area (TPSA) is 110 Å². The molecule has 0 unspecified atom stereocenters. The number of ether oxygens (including phenoxy) is 1. The van der Waals surface area contributed by atoms with Crippen molar-refractivity contribution >= 4 is 21.6 Å². The zero-order valence-corrected chi connectivity index (χ0v) is 15.6. The maximum absolute atomic E-state index is 12.1. The molecule has 0 aliphatic carbocycles. The first-order chi connectivity index (χ1) is 13.5. The van der Waals surface area contributed by atoms with E-state index in [0.29, 0.717) is 17.3 Å². The first-order valence-corrected chi connectivity index (χ1v) is 9.90. The minimum atomic E-state index is -3.63. The molecule has 2 N–H and O–H groups in total. The van der Waals surface area contributed by atoms with Crippen LogP contribution >= 0.6 is 0 Å². The van der Waals surface area contributed by atoms with E-state index in [2.05, 4.69) is 20.0 Å². The molecule has 0 fully saturated rings. The SMILES string of the molecule is O=C(CCNS(=O)(=O)c1ccccc1)Nc1cccc(Oc2cnccn2)c1. The summed E-state index contributed by atoms with van der Waals surface area (Å²) in [7, 11) is -3.63. The van der Waals surface area contributed by atoms with Crippen molar-refractivity contribution in [1.82, 2.24) is 14.7 Å². The largest absolute Gasteiger partial charge is 0.437 e. The summed E-state index contributed by atoms with van der Waals surface area (Å²) in [5.41, 5.74) is 0.525. The fourth-order valence-corrected chi connectivity index (χ4v) is 3.35. The summed E-state index contributed by atoms with van der Waals surface area (Å²) in [6.07, 6.45) is 4.51. The molecule has 1 amide bonds. The van der Waals surface area contributed by atoms with E-state index in [-0.39, 0.29) is 23.8 Å². The molecule has 0 saturated heterocycles. The molecule has 0 aliphatic heterocycles. The number of amides is 1. The average Bonchev–Trinajstić information content (AvgIpc) is 2.69. The van der Waals surface area contributed by atoms with Crippen LogP contribution in [0.3, 0.4) is 0 Å². The van der Waals surface area contributed by atoms with Gasteiger partial charge in [-0.05, 0) is 24.3 Å². The molecule has 3 aromatic rings. The molecule has 28 heavy (non-hydrogen) atoms. The molecule has 0 saturated carbocycles. The highest BCUT2D eigenvalue weighted by Crippen LogP contribution is 2.22. The van der Waals surface area contributed by atoms with Crippen molar-refractivity contribution in [3.8, 4) is 11.6 Å². The molecule has 0 aliphatic rings. The summed E-state index contributed by atoms with van der Waals surface area (Å²) < 4.78 is 32.2. The van der Waals surface area contributed by atoms with Gasteiger partial charge < -0.3 is 10.1 Å². The molecule has 3 rings (SSSR count). The number of anilines is 1. The predicted octanol–water partition coefficient (Wildman–Crippen LogP) is 2.58. The number of sulfonamides is 1. The Kier molecular flexibility index (Phi) is 6.30. The lowest BCUT2D eigenvalue weighted by Gasteiger charge is -2.09. The van der Waals surface area contributed by atoms with Crippen LogP contribution in [0.15, 0.2) is 78.1 Å². The Bertz CT molecular complexity index is 1030. The van der Waals surface area contributed by atoms with Gasteiger partial charge in [0.15, 0.2) is 0 Å². The van der Waals surface area contributed by atoms with Gasteiger partial charge in [0.1, 0.15) is 5.75 Å². The number of carbonyl (C=O) groups excluding carboxylic acids is 1. The van der Waals surface area contributed by atoms with Gasteiger partial charge in [0.2, 0.25) is 21.8 Å². The van der Waals surface area contributed by atoms with E-state index in [1.807, 2.05) is 0 Å². The van der Waals surface area contributed by atoms with Crippen LogP contribution in [0, 0.1) is 0 Å². The number of nitrogens with zero attached hydrogens (tertiary/aromatic N) is 2. The fraction of sp³-hybridized carbons (Fsp3) is 0.105. The highest BCUT2D eigenvalue weighted by Gasteiger charge is 2.13. The summed E-state index contributed by atoms with van der Waals surface area (Å²) >= 11 is 0. The molecule has 9 heteroatoms. The van der Waals surface area contributed by atoms with Crippen LogP contribution < -0.4 is 14.8 Å². The lowest BCUT2D eigenvalue weighted by atomic mass is 10.3. The number of carbonyl (C=O) groups is 1. The van der Waals surface area contributed by atoms with Crippen LogP contribution in [-0.2, 0) is 14.8 Å². The van der Waals surface area contributed by atoms with Gasteiger partial charge in [-0.1, -0.05) is 24.3 Å². The van der Waals surface area contributed by atoms with Crippen LogP contribution in [-0.4, -0.2) is 30.8 Å². The fourth-order valence-electron chi connectivity index (χ4n) is 2.30. The Balaban J connectivity index is 1.52. The zero-order chi connectivity index (χ0) is 19.8. The van der Waals surface area contributed by atoms with Crippen molar-refractivity contribution in [2.75, 3.05) is 11.9 Å². The maximum atomic E-state index is 12.1. The van der Waals surface area contributed by atoms with Crippen LogP contribution in [0.1, 0.15) is 6.42 Å². The first kappa shape index (κ1) is 19.5. The monoisotopic (exact) mass is 398 g/mol. The molecule has 0 atom stereocenters. The van der Waals surface area contributed by atoms with Crippen LogP contribution in [0.5, 0.6) is 11.6 Å². The number of nitrogens with one attached hydrogen (secondary N) is 2. The zero-order valence-electron chi connectivity index (χ0n) is 14.8. The van der Waals surface area contributed by atoms with Crippen molar-refractivity contribution in [3.05, 3.63) is 73.2 Å². The number of rotatable bonds is 8. The summed E-state index contributed by atoms with van der Waals surface area (Å²) in [4.78, 5) is 20.2. The van der Waals surface area contributed by atoms with E-state index in [1.54, 1.807) is 42.5 Å². The van der Waals surface area contributed by atoms with Gasteiger partial charge in [0, 0.05) is 37.1 Å². The molecule has 8 nitrogen and oxygen atoms in total. The number of benzene rings is 2. The highest BCUT2D eigenvalue weighted by atomic mass is 32.2. The van der Waals surface area contributed by atoms with Gasteiger partial charge in [0.05, 0.1) is 11.1 Å². The molecule has 0 radical (unpaired) electrons. The summed E-state index contributed by atoms with van der Waals surface area (Å²) in [6, 6.07) is 14.8. The lowest BCUT2D eigenvalue weighted by Crippen LogP contribution is -2.27. The molecule has 1 heterocycles. The molecule has 1 aromatic heterocycles. The van der Waals surface area contributed by atoms with Crippen LogP contribution in [0.25, 0.3) is 0 Å². The Morgan fingerprint density at radius 3 is 2.61 bits per heavy atom. The summed E-state index contributed by atoms with van der Waals surface area (Å²) in [5, 5.41) is 2.70. The second kappa shape index (κ2) is 9.07. The van der Waals surface area contributed by atoms with Gasteiger partial charge in [-0.3, -0.25) is 9.78 Å². The second-order valence-corrected chi connectivity index (χ2v) is 7.45. The highest BCUT2D eigenvalue weighted by molar-refractivity contribution is 7.89. The van der Waals surface area contributed by atoms with Gasteiger partial charge in [-0.15, -0.1) is 0 Å². The molecule has 144 valence electrons. The quantitative estimate of drug-likeness (QED) is 0.603. The average molecular weight is 398 g/mol. The van der Waals surface area contributed by atoms with Gasteiger partial charge >= 0.3 is 0 Å². The third-order valence-electron chi connectivity index (χ3n) is 3.58. The van der Waals surface area contributed by atoms with Crippen molar-refractivity contribution in [1.29, 1.82) is 0 Å². The second-order valence-electron chi connectivity index (χ2n) is 5.68. The van der Waals surface area contributed by atoms with Gasteiger partial charge in [0.25, 0.3) is 0 Å². The molecule has 2 aromatic carbocycles. The minimum Gasteiger partial charge on any atom is -0.437 e. The minimum absolute atomic E-state index is 0.0126. The van der Waals surface area contributed by atoms with Gasteiger partial charge in [-0.2, -0.15) is 0 Å². The Morgan fingerprint density at radius 2 is 1.86 bits per heavy atom. The Hall–Kier alpha value is -3.30. The molecule has 0 bridgehead atoms. The first-order valence-electron chi connectivity index (χ1n) is 8.41. The molecule has 0 spiro atoms. The van der Waals surface area contributed by atoms with E-state index in [0.717, 1.165) is 0 Å². The van der Waals surface area contributed by atoms with E-state index in [1.165, 1.54) is 30.7 Å². The van der Waals surface area contributed by atoms with E-state index in [9.17, 15) is 13.2 Å². The van der Waals surface area contributed by atoms with Crippen LogP contribution in [0.4, 0.5) is 5.69 Å². The lowest BCUT2D eigenvalue weighted by molar-refractivity contribution is -0.116. The normalized spacial score (nSPS) is 11.0. The Labute approximate surface area is 162 Å². The molecular weight excluding hydrogens is 380 g/mol. The Morgan fingerprint density at radius 1 is 1.04 bits per heavy atom. The van der Waals surface area contributed by atoms with Crippen LogP contribution in [0.2, 0.25) is 0 Å². The number of hydrogen-bond donors (Lipinski definition) is 2. The standard InChI is InChI=1S/C19H18N4O4S/c24-18(9-10-22-28(25,26)17-7-2-1-3-8-17)23-15-5-4-6-16(13-15)27-19-14-20-11-12-21-19/h1-8,11-14,22H,9-10H2,(H,23,24).